The van der Waals surface area contributed by atoms with Gasteiger partial charge in [0, 0.05) is 25.0 Å². The van der Waals surface area contributed by atoms with Gasteiger partial charge in [-0.25, -0.2) is 0 Å². The van der Waals surface area contributed by atoms with Crippen LogP contribution in [0.4, 0.5) is 11.4 Å². The third-order valence-corrected chi connectivity index (χ3v) is 3.73. The zero-order valence-electron chi connectivity index (χ0n) is 13.6. The topological polar surface area (TPSA) is 15.3 Å². The second-order valence-corrected chi connectivity index (χ2v) is 6.03. The van der Waals surface area contributed by atoms with E-state index in [4.69, 9.17) is 0 Å². The first-order valence-electron chi connectivity index (χ1n) is 7.67. The molecule has 2 aromatic rings. The lowest BCUT2D eigenvalue weighted by molar-refractivity contribution is 0.551. The second kappa shape index (κ2) is 7.28. The highest BCUT2D eigenvalue weighted by atomic mass is 15.1. The lowest BCUT2D eigenvalue weighted by atomic mass is 10.1. The SMILES string of the molecule is Cc1cc(N(C)c2ccccc2)ccc1CNCC(C)C. The summed E-state index contributed by atoms with van der Waals surface area (Å²) in [5, 5.41) is 3.51. The third kappa shape index (κ3) is 4.33. The highest BCUT2D eigenvalue weighted by Gasteiger charge is 2.06. The summed E-state index contributed by atoms with van der Waals surface area (Å²) in [6.45, 7) is 8.66. The van der Waals surface area contributed by atoms with Gasteiger partial charge in [-0.1, -0.05) is 38.1 Å². The van der Waals surface area contributed by atoms with Crippen LogP contribution < -0.4 is 10.2 Å². The first kappa shape index (κ1) is 15.6. The van der Waals surface area contributed by atoms with Crippen molar-refractivity contribution in [1.29, 1.82) is 0 Å². The lowest BCUT2D eigenvalue weighted by Crippen LogP contribution is -2.19. The van der Waals surface area contributed by atoms with Crippen LogP contribution in [0.3, 0.4) is 0 Å². The van der Waals surface area contributed by atoms with E-state index in [1.54, 1.807) is 0 Å². The predicted octanol–water partition coefficient (Wildman–Crippen LogP) is 4.51. The summed E-state index contributed by atoms with van der Waals surface area (Å²) in [6, 6.07) is 17.2. The average Bonchev–Trinajstić information content (AvgIpc) is 2.48. The van der Waals surface area contributed by atoms with E-state index in [1.165, 1.54) is 22.5 Å². The van der Waals surface area contributed by atoms with E-state index in [0.717, 1.165) is 13.1 Å². The van der Waals surface area contributed by atoms with E-state index in [9.17, 15) is 0 Å². The Morgan fingerprint density at radius 1 is 1.00 bits per heavy atom. The fourth-order valence-electron chi connectivity index (χ4n) is 2.38. The van der Waals surface area contributed by atoms with Crippen LogP contribution in [0.25, 0.3) is 0 Å². The van der Waals surface area contributed by atoms with Crippen LogP contribution in [0.15, 0.2) is 48.5 Å². The van der Waals surface area contributed by atoms with Gasteiger partial charge >= 0.3 is 0 Å². The van der Waals surface area contributed by atoms with Crippen LogP contribution in [0.2, 0.25) is 0 Å². The van der Waals surface area contributed by atoms with E-state index < -0.39 is 0 Å². The molecule has 0 radical (unpaired) electrons. The van der Waals surface area contributed by atoms with E-state index in [0.29, 0.717) is 5.92 Å². The molecule has 0 heterocycles. The molecule has 21 heavy (non-hydrogen) atoms. The van der Waals surface area contributed by atoms with Gasteiger partial charge in [0.15, 0.2) is 0 Å². The molecule has 0 aliphatic carbocycles. The van der Waals surface area contributed by atoms with Crippen molar-refractivity contribution in [2.24, 2.45) is 5.92 Å². The molecular weight excluding hydrogens is 256 g/mol. The van der Waals surface area contributed by atoms with Crippen molar-refractivity contribution in [2.45, 2.75) is 27.3 Å². The van der Waals surface area contributed by atoms with Gasteiger partial charge in [-0.3, -0.25) is 0 Å². The summed E-state index contributed by atoms with van der Waals surface area (Å²) in [6.07, 6.45) is 0. The van der Waals surface area contributed by atoms with Crippen LogP contribution >= 0.6 is 0 Å². The maximum atomic E-state index is 3.51. The number of nitrogens with zero attached hydrogens (tertiary/aromatic N) is 1. The van der Waals surface area contributed by atoms with Crippen LogP contribution in [0, 0.1) is 12.8 Å². The molecule has 2 nitrogen and oxygen atoms in total. The predicted molar refractivity (Wildman–Crippen MR) is 92.2 cm³/mol. The van der Waals surface area contributed by atoms with Crippen LogP contribution in [-0.2, 0) is 6.54 Å². The van der Waals surface area contributed by atoms with Gasteiger partial charge in [-0.05, 0) is 54.8 Å². The van der Waals surface area contributed by atoms with Gasteiger partial charge in [-0.2, -0.15) is 0 Å². The Morgan fingerprint density at radius 2 is 1.71 bits per heavy atom. The summed E-state index contributed by atoms with van der Waals surface area (Å²) in [5.74, 6) is 0.689. The first-order chi connectivity index (χ1) is 10.1. The zero-order valence-corrected chi connectivity index (χ0v) is 13.6. The molecule has 112 valence electrons. The van der Waals surface area contributed by atoms with E-state index >= 15 is 0 Å². The number of anilines is 2. The molecule has 0 saturated heterocycles. The highest BCUT2D eigenvalue weighted by Crippen LogP contribution is 2.25. The van der Waals surface area contributed by atoms with Crippen LogP contribution in [0.1, 0.15) is 25.0 Å². The van der Waals surface area contributed by atoms with Crippen molar-refractivity contribution in [3.05, 3.63) is 59.7 Å². The molecule has 0 unspecified atom stereocenters. The number of aryl methyl sites for hydroxylation is 1. The fourth-order valence-corrected chi connectivity index (χ4v) is 2.38. The smallest absolute Gasteiger partial charge is 0.0410 e. The molecule has 0 fully saturated rings. The largest absolute Gasteiger partial charge is 0.345 e. The molecule has 0 atom stereocenters. The molecule has 2 rings (SSSR count). The molecule has 0 aliphatic rings. The van der Waals surface area contributed by atoms with E-state index in [2.05, 4.69) is 80.5 Å². The van der Waals surface area contributed by atoms with Gasteiger partial charge in [0.1, 0.15) is 0 Å². The maximum Gasteiger partial charge on any atom is 0.0410 e. The fraction of sp³-hybridized carbons (Fsp3) is 0.368. The highest BCUT2D eigenvalue weighted by molar-refractivity contribution is 5.63. The molecule has 0 spiro atoms. The Balaban J connectivity index is 2.08. The Bertz CT molecular complexity index is 561. The average molecular weight is 282 g/mol. The summed E-state index contributed by atoms with van der Waals surface area (Å²) < 4.78 is 0. The number of para-hydroxylation sites is 1. The Labute approximate surface area is 128 Å². The van der Waals surface area contributed by atoms with Crippen molar-refractivity contribution in [2.75, 3.05) is 18.5 Å². The summed E-state index contributed by atoms with van der Waals surface area (Å²) in [5.41, 5.74) is 5.15. The third-order valence-electron chi connectivity index (χ3n) is 3.73. The van der Waals surface area contributed by atoms with Crippen molar-refractivity contribution < 1.29 is 0 Å². The normalized spacial score (nSPS) is 10.9. The molecule has 0 aromatic heterocycles. The van der Waals surface area contributed by atoms with Crippen molar-refractivity contribution in [3.63, 3.8) is 0 Å². The molecule has 0 saturated carbocycles. The zero-order chi connectivity index (χ0) is 15.2. The quantitative estimate of drug-likeness (QED) is 0.838. The number of hydrogen-bond acceptors (Lipinski definition) is 2. The minimum Gasteiger partial charge on any atom is -0.345 e. The molecule has 0 amide bonds. The van der Waals surface area contributed by atoms with Crippen LogP contribution in [0.5, 0.6) is 0 Å². The molecule has 1 N–H and O–H groups in total. The molecular formula is C19H26N2. The standard InChI is InChI=1S/C19H26N2/c1-15(2)13-20-14-17-10-11-19(12-16(17)3)21(4)18-8-6-5-7-9-18/h5-12,15,20H,13-14H2,1-4H3. The lowest BCUT2D eigenvalue weighted by Gasteiger charge is -2.21. The summed E-state index contributed by atoms with van der Waals surface area (Å²) in [7, 11) is 2.11. The Hall–Kier alpha value is -1.80. The number of nitrogens with one attached hydrogen (secondary N) is 1. The van der Waals surface area contributed by atoms with Gasteiger partial charge in [0.2, 0.25) is 0 Å². The Morgan fingerprint density at radius 3 is 2.33 bits per heavy atom. The number of hydrogen-bond donors (Lipinski definition) is 1. The molecule has 2 aromatic carbocycles. The van der Waals surface area contributed by atoms with Gasteiger partial charge in [0.05, 0.1) is 0 Å². The monoisotopic (exact) mass is 282 g/mol. The van der Waals surface area contributed by atoms with Gasteiger partial charge < -0.3 is 10.2 Å². The second-order valence-electron chi connectivity index (χ2n) is 6.03. The van der Waals surface area contributed by atoms with Crippen molar-refractivity contribution in [1.82, 2.24) is 5.32 Å². The molecule has 2 heteroatoms. The van der Waals surface area contributed by atoms with E-state index in [1.807, 2.05) is 6.07 Å². The number of rotatable bonds is 6. The van der Waals surface area contributed by atoms with Gasteiger partial charge in [0.25, 0.3) is 0 Å². The minimum atomic E-state index is 0.689. The number of benzene rings is 2. The maximum absolute atomic E-state index is 3.51. The van der Waals surface area contributed by atoms with Crippen LogP contribution in [-0.4, -0.2) is 13.6 Å². The minimum absolute atomic E-state index is 0.689. The first-order valence-corrected chi connectivity index (χ1v) is 7.67. The summed E-state index contributed by atoms with van der Waals surface area (Å²) >= 11 is 0. The van der Waals surface area contributed by atoms with Crippen molar-refractivity contribution in [3.8, 4) is 0 Å². The van der Waals surface area contributed by atoms with Gasteiger partial charge in [-0.15, -0.1) is 0 Å². The molecule has 0 bridgehead atoms. The summed E-state index contributed by atoms with van der Waals surface area (Å²) in [4.78, 5) is 2.22. The van der Waals surface area contributed by atoms with E-state index in [-0.39, 0.29) is 0 Å². The molecule has 0 aliphatic heterocycles. The Kier molecular flexibility index (Phi) is 5.40. The van der Waals surface area contributed by atoms with Crippen molar-refractivity contribution >= 4 is 11.4 Å².